The van der Waals surface area contributed by atoms with E-state index in [1.54, 1.807) is 18.7 Å². The highest BCUT2D eigenvalue weighted by molar-refractivity contribution is 5.84. The molecule has 0 fully saturated rings. The smallest absolute Gasteiger partial charge is 0.244 e. The molecule has 4 rings (SSSR count). The number of aryl methyl sites for hydroxylation is 1. The maximum absolute atomic E-state index is 9.34. The van der Waals surface area contributed by atoms with Crippen molar-refractivity contribution >= 4 is 22.9 Å². The molecule has 0 bridgehead atoms. The van der Waals surface area contributed by atoms with E-state index in [9.17, 15) is 10.2 Å². The molecule has 0 saturated carbocycles. The number of hydrogen-bond donors (Lipinski definition) is 4. The van der Waals surface area contributed by atoms with E-state index >= 15 is 0 Å². The third kappa shape index (κ3) is 4.07. The number of nitrogens with one attached hydrogen (secondary N) is 2. The van der Waals surface area contributed by atoms with Crippen molar-refractivity contribution in [2.75, 3.05) is 23.8 Å². The molecule has 0 saturated heterocycles. The van der Waals surface area contributed by atoms with Crippen molar-refractivity contribution < 1.29 is 14.6 Å². The number of rotatable bonds is 9. The van der Waals surface area contributed by atoms with Crippen molar-refractivity contribution in [3.8, 4) is 11.6 Å². The van der Waals surface area contributed by atoms with Gasteiger partial charge in [-0.2, -0.15) is 9.97 Å². The Hall–Kier alpha value is -3.57. The molecule has 4 N–H and O–H groups in total. The van der Waals surface area contributed by atoms with Crippen molar-refractivity contribution in [1.29, 1.82) is 0 Å². The van der Waals surface area contributed by atoms with Crippen LogP contribution in [0.4, 0.5) is 11.8 Å². The van der Waals surface area contributed by atoms with Gasteiger partial charge in [0.2, 0.25) is 11.8 Å². The Morgan fingerprint density at radius 2 is 2.00 bits per heavy atom. The number of hydrogen-bond acceptors (Lipinski definition) is 10. The first-order valence-electron chi connectivity index (χ1n) is 9.51. The number of aliphatic hydroxyl groups is 2. The Morgan fingerprint density at radius 1 is 1.13 bits per heavy atom. The van der Waals surface area contributed by atoms with Crippen LogP contribution < -0.4 is 10.6 Å². The van der Waals surface area contributed by atoms with Crippen LogP contribution >= 0.6 is 0 Å². The number of aliphatic hydroxyl groups excluding tert-OH is 2. The molecule has 4 aromatic rings. The number of imidazole rings is 1. The fourth-order valence-corrected chi connectivity index (χ4v) is 2.89. The van der Waals surface area contributed by atoms with Crippen LogP contribution in [0, 0.1) is 0 Å². The van der Waals surface area contributed by atoms with Crippen LogP contribution in [-0.2, 0) is 13.1 Å². The summed E-state index contributed by atoms with van der Waals surface area (Å²) in [6.45, 7) is 2.68. The molecule has 0 aliphatic rings. The first-order valence-corrected chi connectivity index (χ1v) is 9.51. The predicted molar refractivity (Wildman–Crippen MR) is 110 cm³/mol. The summed E-state index contributed by atoms with van der Waals surface area (Å²) < 4.78 is 7.15. The molecule has 4 heterocycles. The van der Waals surface area contributed by atoms with Crippen molar-refractivity contribution in [2.45, 2.75) is 26.1 Å². The first-order chi connectivity index (χ1) is 14.7. The summed E-state index contributed by atoms with van der Waals surface area (Å²) in [7, 11) is 0. The average molecular weight is 410 g/mol. The topological polar surface area (TPSA) is 147 Å². The number of nitrogens with zero attached hydrogens (tertiary/aromatic N) is 6. The van der Waals surface area contributed by atoms with E-state index < -0.39 is 6.04 Å². The minimum atomic E-state index is -0.555. The minimum Gasteiger partial charge on any atom is -0.443 e. The van der Waals surface area contributed by atoms with Gasteiger partial charge in [0.1, 0.15) is 12.0 Å². The van der Waals surface area contributed by atoms with Crippen molar-refractivity contribution in [2.24, 2.45) is 0 Å². The van der Waals surface area contributed by atoms with Gasteiger partial charge < -0.3 is 29.8 Å². The van der Waals surface area contributed by atoms with Gasteiger partial charge in [-0.15, -0.1) is 0 Å². The molecule has 11 heteroatoms. The second kappa shape index (κ2) is 8.84. The van der Waals surface area contributed by atoms with Crippen LogP contribution in [0.2, 0.25) is 0 Å². The van der Waals surface area contributed by atoms with E-state index in [2.05, 4.69) is 35.6 Å². The van der Waals surface area contributed by atoms with Crippen molar-refractivity contribution in [3.63, 3.8) is 0 Å². The maximum Gasteiger partial charge on any atom is 0.244 e. The van der Waals surface area contributed by atoms with E-state index in [1.165, 1.54) is 6.26 Å². The summed E-state index contributed by atoms with van der Waals surface area (Å²) in [6, 6.07) is 3.21. The van der Waals surface area contributed by atoms with Gasteiger partial charge in [0.25, 0.3) is 0 Å². The molecule has 0 unspecified atom stereocenters. The highest BCUT2D eigenvalue weighted by Crippen LogP contribution is 2.22. The quantitative estimate of drug-likeness (QED) is 0.318. The Labute approximate surface area is 171 Å². The normalized spacial score (nSPS) is 11.3. The van der Waals surface area contributed by atoms with Crippen LogP contribution in [0.1, 0.15) is 12.5 Å². The molecule has 0 atom stereocenters. The summed E-state index contributed by atoms with van der Waals surface area (Å²) in [5, 5.41) is 24.9. The molecular formula is C19H22N8O3. The minimum absolute atomic E-state index is 0.240. The molecule has 0 aliphatic carbocycles. The summed E-state index contributed by atoms with van der Waals surface area (Å²) in [4.78, 5) is 21.8. The van der Waals surface area contributed by atoms with E-state index in [-0.39, 0.29) is 13.2 Å². The van der Waals surface area contributed by atoms with Crippen LogP contribution in [-0.4, -0.2) is 59.0 Å². The van der Waals surface area contributed by atoms with E-state index in [1.807, 2.05) is 23.6 Å². The monoisotopic (exact) mass is 410 g/mol. The summed E-state index contributed by atoms with van der Waals surface area (Å²) in [5.74, 6) is 1.31. The lowest BCUT2D eigenvalue weighted by molar-refractivity contribution is 0.203. The van der Waals surface area contributed by atoms with E-state index in [0.29, 0.717) is 47.6 Å². The highest BCUT2D eigenvalue weighted by atomic mass is 16.3. The Balaban J connectivity index is 1.57. The lowest BCUT2D eigenvalue weighted by atomic mass is 10.2. The molecule has 0 spiro atoms. The van der Waals surface area contributed by atoms with Gasteiger partial charge in [-0.3, -0.25) is 4.98 Å². The zero-order valence-corrected chi connectivity index (χ0v) is 16.4. The zero-order valence-electron chi connectivity index (χ0n) is 16.4. The first kappa shape index (κ1) is 19.7. The van der Waals surface area contributed by atoms with E-state index in [4.69, 9.17) is 4.42 Å². The molecule has 156 valence electrons. The number of anilines is 2. The van der Waals surface area contributed by atoms with Crippen LogP contribution in [0.5, 0.6) is 0 Å². The predicted octanol–water partition coefficient (Wildman–Crippen LogP) is 1.27. The van der Waals surface area contributed by atoms with Gasteiger partial charge in [-0.05, 0) is 18.6 Å². The lowest BCUT2D eigenvalue weighted by Gasteiger charge is -2.15. The largest absolute Gasteiger partial charge is 0.443 e. The Morgan fingerprint density at radius 3 is 2.67 bits per heavy atom. The molecule has 0 amide bonds. The van der Waals surface area contributed by atoms with Crippen LogP contribution in [0.15, 0.2) is 41.5 Å². The average Bonchev–Trinajstić information content (AvgIpc) is 3.46. The molecule has 4 aromatic heterocycles. The summed E-state index contributed by atoms with van der Waals surface area (Å²) in [5.41, 5.74) is 2.88. The Bertz CT molecular complexity index is 1090. The SMILES string of the molecule is CCn1cnc2c(NCc3ccc(-c4ncco4)nc3)nc(NC(CO)CO)nc21. The standard InChI is InChI=1S/C19H22N8O3/c1-2-27-11-23-15-16(25-19(26-17(15)27)24-13(9-28)10-29)22-8-12-3-4-14(21-7-12)18-20-5-6-30-18/h3-7,11,13,28-29H,2,8-10H2,1H3,(H2,22,24,25,26). The van der Waals surface area contributed by atoms with Gasteiger partial charge in [0, 0.05) is 19.3 Å². The number of fused-ring (bicyclic) bond motifs is 1. The molecule has 0 aromatic carbocycles. The van der Waals surface area contributed by atoms with Gasteiger partial charge in [-0.1, -0.05) is 6.07 Å². The molecule has 0 radical (unpaired) electrons. The second-order valence-electron chi connectivity index (χ2n) is 6.55. The second-order valence-corrected chi connectivity index (χ2v) is 6.55. The van der Waals surface area contributed by atoms with E-state index in [0.717, 1.165) is 5.56 Å². The van der Waals surface area contributed by atoms with Gasteiger partial charge in [0.15, 0.2) is 17.0 Å². The van der Waals surface area contributed by atoms with Gasteiger partial charge in [0.05, 0.1) is 31.8 Å². The number of pyridine rings is 1. The molecular weight excluding hydrogens is 388 g/mol. The van der Waals surface area contributed by atoms with Gasteiger partial charge in [-0.25, -0.2) is 9.97 Å². The highest BCUT2D eigenvalue weighted by Gasteiger charge is 2.15. The Kier molecular flexibility index (Phi) is 5.82. The third-order valence-corrected chi connectivity index (χ3v) is 4.51. The van der Waals surface area contributed by atoms with Gasteiger partial charge >= 0.3 is 0 Å². The van der Waals surface area contributed by atoms with Crippen molar-refractivity contribution in [3.05, 3.63) is 42.7 Å². The fourth-order valence-electron chi connectivity index (χ4n) is 2.89. The summed E-state index contributed by atoms with van der Waals surface area (Å²) in [6.07, 6.45) is 6.52. The van der Waals surface area contributed by atoms with Crippen molar-refractivity contribution in [1.82, 2.24) is 29.5 Å². The molecule has 30 heavy (non-hydrogen) atoms. The third-order valence-electron chi connectivity index (χ3n) is 4.51. The lowest BCUT2D eigenvalue weighted by Crippen LogP contribution is -2.28. The van der Waals surface area contributed by atoms with Crippen LogP contribution in [0.25, 0.3) is 22.7 Å². The molecule has 11 nitrogen and oxygen atoms in total. The molecule has 0 aliphatic heterocycles. The fraction of sp³-hybridized carbons (Fsp3) is 0.316. The zero-order chi connectivity index (χ0) is 20.9. The summed E-state index contributed by atoms with van der Waals surface area (Å²) >= 11 is 0. The van der Waals surface area contributed by atoms with Crippen LogP contribution in [0.3, 0.4) is 0 Å². The number of aromatic nitrogens is 6. The maximum atomic E-state index is 9.34. The number of oxazole rings is 1.